The van der Waals surface area contributed by atoms with Crippen molar-refractivity contribution in [2.24, 2.45) is 0 Å². The molecule has 8 nitrogen and oxygen atoms in total. The lowest BCUT2D eigenvalue weighted by atomic mass is 10.2. The molecule has 26 heavy (non-hydrogen) atoms. The molecular formula is C17H19FN6O2. The molecule has 136 valence electrons. The molecule has 0 radical (unpaired) electrons. The van der Waals surface area contributed by atoms with Gasteiger partial charge in [-0.15, -0.1) is 5.10 Å². The smallest absolute Gasteiger partial charge is 0.276 e. The topological polar surface area (TPSA) is 89.9 Å². The Morgan fingerprint density at radius 3 is 2.69 bits per heavy atom. The Balaban J connectivity index is 1.68. The monoisotopic (exact) mass is 358 g/mol. The van der Waals surface area contributed by atoms with Gasteiger partial charge in [0.25, 0.3) is 5.91 Å². The summed E-state index contributed by atoms with van der Waals surface area (Å²) >= 11 is 0. The van der Waals surface area contributed by atoms with E-state index in [2.05, 4.69) is 20.5 Å². The number of halogens is 1. The molecule has 1 amide bonds. The Kier molecular flexibility index (Phi) is 5.35. The first kappa shape index (κ1) is 17.7. The van der Waals surface area contributed by atoms with E-state index in [4.69, 9.17) is 4.52 Å². The molecule has 0 aliphatic carbocycles. The number of aryl methyl sites for hydroxylation is 1. The number of carbonyl (C=O) groups excluding carboxylic acids is 1. The number of amides is 1. The minimum absolute atomic E-state index is 0.215. The molecule has 0 saturated heterocycles. The van der Waals surface area contributed by atoms with Crippen molar-refractivity contribution < 1.29 is 13.7 Å². The maximum Gasteiger partial charge on any atom is 0.276 e. The van der Waals surface area contributed by atoms with Gasteiger partial charge in [0.2, 0.25) is 5.89 Å². The fourth-order valence-corrected chi connectivity index (χ4v) is 2.40. The SMILES string of the molecule is CCc1noc(CN(CC)C(=O)c2cn(Cc3ccc(F)cc3)nn2)n1. The summed E-state index contributed by atoms with van der Waals surface area (Å²) in [6.07, 6.45) is 2.24. The third-order valence-corrected chi connectivity index (χ3v) is 3.84. The zero-order valence-corrected chi connectivity index (χ0v) is 14.6. The van der Waals surface area contributed by atoms with E-state index in [0.717, 1.165) is 5.56 Å². The molecule has 0 aliphatic heterocycles. The van der Waals surface area contributed by atoms with Gasteiger partial charge in [0.05, 0.1) is 12.7 Å². The highest BCUT2D eigenvalue weighted by Crippen LogP contribution is 2.09. The zero-order valence-electron chi connectivity index (χ0n) is 14.6. The van der Waals surface area contributed by atoms with E-state index < -0.39 is 0 Å². The van der Waals surface area contributed by atoms with Crippen LogP contribution >= 0.6 is 0 Å². The molecule has 3 rings (SSSR count). The van der Waals surface area contributed by atoms with Crippen molar-refractivity contribution in [3.8, 4) is 0 Å². The van der Waals surface area contributed by atoms with Gasteiger partial charge in [0, 0.05) is 13.0 Å². The molecular weight excluding hydrogens is 339 g/mol. The van der Waals surface area contributed by atoms with Gasteiger partial charge in [-0.25, -0.2) is 9.07 Å². The minimum atomic E-state index is -0.297. The first-order valence-electron chi connectivity index (χ1n) is 8.34. The molecule has 0 spiro atoms. The number of nitrogens with zero attached hydrogens (tertiary/aromatic N) is 6. The second kappa shape index (κ2) is 7.85. The maximum atomic E-state index is 13.0. The summed E-state index contributed by atoms with van der Waals surface area (Å²) in [7, 11) is 0. The highest BCUT2D eigenvalue weighted by atomic mass is 19.1. The van der Waals surface area contributed by atoms with E-state index in [1.54, 1.807) is 23.2 Å². The van der Waals surface area contributed by atoms with Gasteiger partial charge in [-0.05, 0) is 24.6 Å². The third kappa shape index (κ3) is 4.11. The van der Waals surface area contributed by atoms with E-state index in [9.17, 15) is 9.18 Å². The molecule has 1 aromatic carbocycles. The second-order valence-corrected chi connectivity index (χ2v) is 5.71. The molecule has 3 aromatic rings. The van der Waals surface area contributed by atoms with Crippen molar-refractivity contribution in [1.29, 1.82) is 0 Å². The highest BCUT2D eigenvalue weighted by Gasteiger charge is 2.20. The molecule has 2 heterocycles. The van der Waals surface area contributed by atoms with Crippen molar-refractivity contribution in [3.05, 3.63) is 59.3 Å². The summed E-state index contributed by atoms with van der Waals surface area (Å²) in [5.41, 5.74) is 1.09. The number of aromatic nitrogens is 5. The number of hydrogen-bond donors (Lipinski definition) is 0. The fraction of sp³-hybridized carbons (Fsp3) is 0.353. The molecule has 0 N–H and O–H groups in total. The quantitative estimate of drug-likeness (QED) is 0.642. The maximum absolute atomic E-state index is 13.0. The van der Waals surface area contributed by atoms with Crippen molar-refractivity contribution in [3.63, 3.8) is 0 Å². The van der Waals surface area contributed by atoms with Crippen LogP contribution in [0.1, 0.15) is 41.6 Å². The van der Waals surface area contributed by atoms with Crippen molar-refractivity contribution in [2.45, 2.75) is 33.4 Å². The highest BCUT2D eigenvalue weighted by molar-refractivity contribution is 5.91. The molecule has 9 heteroatoms. The van der Waals surface area contributed by atoms with Crippen LogP contribution < -0.4 is 0 Å². The number of benzene rings is 1. The average Bonchev–Trinajstić information content (AvgIpc) is 3.30. The lowest BCUT2D eigenvalue weighted by Gasteiger charge is -2.16. The van der Waals surface area contributed by atoms with Gasteiger partial charge in [-0.1, -0.05) is 29.4 Å². The zero-order chi connectivity index (χ0) is 18.5. The van der Waals surface area contributed by atoms with Gasteiger partial charge >= 0.3 is 0 Å². The van der Waals surface area contributed by atoms with Crippen LogP contribution in [0.5, 0.6) is 0 Å². The van der Waals surface area contributed by atoms with Crippen molar-refractivity contribution in [2.75, 3.05) is 6.54 Å². The molecule has 0 fully saturated rings. The summed E-state index contributed by atoms with van der Waals surface area (Å²) in [5, 5.41) is 11.7. The Morgan fingerprint density at radius 1 is 1.27 bits per heavy atom. The largest absolute Gasteiger partial charge is 0.337 e. The van der Waals surface area contributed by atoms with Gasteiger partial charge in [-0.2, -0.15) is 4.98 Å². The summed E-state index contributed by atoms with van der Waals surface area (Å²) < 4.78 is 19.6. The van der Waals surface area contributed by atoms with E-state index in [0.29, 0.717) is 31.2 Å². The molecule has 0 atom stereocenters. The number of hydrogen-bond acceptors (Lipinski definition) is 6. The van der Waals surface area contributed by atoms with Crippen LogP contribution in [0.4, 0.5) is 4.39 Å². The van der Waals surface area contributed by atoms with Crippen LogP contribution in [0.2, 0.25) is 0 Å². The van der Waals surface area contributed by atoms with Crippen molar-refractivity contribution in [1.82, 2.24) is 30.0 Å². The van der Waals surface area contributed by atoms with Crippen LogP contribution in [-0.4, -0.2) is 42.5 Å². The molecule has 2 aromatic heterocycles. The van der Waals surface area contributed by atoms with Gasteiger partial charge in [0.15, 0.2) is 11.5 Å². The minimum Gasteiger partial charge on any atom is -0.337 e. The Hall–Kier alpha value is -3.10. The van der Waals surface area contributed by atoms with Crippen LogP contribution in [0, 0.1) is 5.82 Å². The summed E-state index contributed by atoms with van der Waals surface area (Å²) in [5.74, 6) is 0.424. The molecule has 0 saturated carbocycles. The Bertz CT molecular complexity index is 874. The average molecular weight is 358 g/mol. The fourth-order valence-electron chi connectivity index (χ4n) is 2.40. The predicted molar refractivity (Wildman–Crippen MR) is 89.6 cm³/mol. The molecule has 0 aliphatic rings. The van der Waals surface area contributed by atoms with Crippen molar-refractivity contribution >= 4 is 5.91 Å². The van der Waals surface area contributed by atoms with E-state index in [-0.39, 0.29) is 24.0 Å². The van der Waals surface area contributed by atoms with Crippen LogP contribution in [0.3, 0.4) is 0 Å². The summed E-state index contributed by atoms with van der Waals surface area (Å²) in [4.78, 5) is 18.4. The Labute approximate surface area is 149 Å². The van der Waals surface area contributed by atoms with Gasteiger partial charge in [0.1, 0.15) is 12.4 Å². The standard InChI is InChI=1S/C17H19FN6O2/c1-3-15-19-16(26-21-15)11-23(4-2)17(25)14-10-24(22-20-14)9-12-5-7-13(18)8-6-12/h5-8,10H,3-4,9,11H2,1-2H3. The van der Waals surface area contributed by atoms with E-state index in [1.165, 1.54) is 16.8 Å². The van der Waals surface area contributed by atoms with E-state index in [1.807, 2.05) is 13.8 Å². The predicted octanol–water partition coefficient (Wildman–Crippen LogP) is 2.07. The van der Waals surface area contributed by atoms with Crippen LogP contribution in [0.25, 0.3) is 0 Å². The van der Waals surface area contributed by atoms with Crippen LogP contribution in [-0.2, 0) is 19.5 Å². The normalized spacial score (nSPS) is 10.9. The third-order valence-electron chi connectivity index (χ3n) is 3.84. The number of rotatable bonds is 7. The molecule has 0 unspecified atom stereocenters. The lowest BCUT2D eigenvalue weighted by molar-refractivity contribution is 0.0728. The molecule has 0 bridgehead atoms. The number of carbonyl (C=O) groups is 1. The van der Waals surface area contributed by atoms with Gasteiger partial charge in [-0.3, -0.25) is 4.79 Å². The Morgan fingerprint density at radius 2 is 2.04 bits per heavy atom. The lowest BCUT2D eigenvalue weighted by Crippen LogP contribution is -2.30. The van der Waals surface area contributed by atoms with Crippen LogP contribution in [0.15, 0.2) is 35.0 Å². The summed E-state index contributed by atoms with van der Waals surface area (Å²) in [6.45, 7) is 4.87. The summed E-state index contributed by atoms with van der Waals surface area (Å²) in [6, 6.07) is 6.09. The first-order chi connectivity index (χ1) is 12.6. The second-order valence-electron chi connectivity index (χ2n) is 5.71. The van der Waals surface area contributed by atoms with E-state index >= 15 is 0 Å². The first-order valence-corrected chi connectivity index (χ1v) is 8.34. The van der Waals surface area contributed by atoms with Gasteiger partial charge < -0.3 is 9.42 Å².